The van der Waals surface area contributed by atoms with Gasteiger partial charge in [-0.05, 0) is 124 Å². The molecule has 0 saturated heterocycles. The average molecular weight is 821 g/mol. The summed E-state index contributed by atoms with van der Waals surface area (Å²) in [5.74, 6) is 0.611. The fourth-order valence-electron chi connectivity index (χ4n) is 9.12. The minimum atomic E-state index is 0.611. The van der Waals surface area contributed by atoms with Crippen LogP contribution < -0.4 is 9.80 Å². The van der Waals surface area contributed by atoms with E-state index in [1.807, 2.05) is 24.3 Å². The number of aromatic nitrogens is 1. The summed E-state index contributed by atoms with van der Waals surface area (Å²) in [5.41, 5.74) is 15.9. The van der Waals surface area contributed by atoms with Gasteiger partial charge in [-0.15, -0.1) is 0 Å². The molecule has 0 N–H and O–H groups in total. The van der Waals surface area contributed by atoms with Crippen molar-refractivity contribution in [1.29, 1.82) is 0 Å². The van der Waals surface area contributed by atoms with Crippen molar-refractivity contribution in [2.24, 2.45) is 4.99 Å². The van der Waals surface area contributed by atoms with Crippen LogP contribution in [0.5, 0.6) is 0 Å². The lowest BCUT2D eigenvalue weighted by atomic mass is 10.0. The Bertz CT molecular complexity index is 3470. The molecule has 302 valence electrons. The first-order chi connectivity index (χ1) is 31.7. The van der Waals surface area contributed by atoms with E-state index in [2.05, 4.69) is 216 Å². The van der Waals surface area contributed by atoms with Crippen molar-refractivity contribution in [1.82, 2.24) is 4.98 Å². The van der Waals surface area contributed by atoms with Crippen LogP contribution in [0.15, 0.2) is 240 Å². The second kappa shape index (κ2) is 15.7. The van der Waals surface area contributed by atoms with Crippen LogP contribution >= 0.6 is 0 Å². The van der Waals surface area contributed by atoms with E-state index >= 15 is 0 Å². The Labute approximate surface area is 371 Å². The number of nitrogens with zero attached hydrogens (tertiary/aromatic N) is 4. The first-order valence-corrected chi connectivity index (χ1v) is 21.7. The van der Waals surface area contributed by atoms with Crippen molar-refractivity contribution in [2.75, 3.05) is 9.80 Å². The summed E-state index contributed by atoms with van der Waals surface area (Å²) in [7, 11) is 0. The van der Waals surface area contributed by atoms with Crippen molar-refractivity contribution in [2.45, 2.75) is 6.42 Å². The number of hydrogen-bond donors (Lipinski definition) is 0. The van der Waals surface area contributed by atoms with Crippen molar-refractivity contribution in [3.8, 4) is 22.6 Å². The Morgan fingerprint density at radius 2 is 0.828 bits per heavy atom. The smallest absolute Gasteiger partial charge is 0.227 e. The third kappa shape index (κ3) is 6.77. The van der Waals surface area contributed by atoms with Gasteiger partial charge in [-0.2, -0.15) is 0 Å². The van der Waals surface area contributed by atoms with Crippen molar-refractivity contribution < 1.29 is 4.42 Å². The number of anilines is 6. The maximum absolute atomic E-state index is 6.12. The van der Waals surface area contributed by atoms with E-state index in [0.717, 1.165) is 85.3 Å². The number of para-hydroxylation sites is 3. The zero-order valence-electron chi connectivity index (χ0n) is 34.8. The van der Waals surface area contributed by atoms with Crippen LogP contribution in [-0.2, 0) is 6.42 Å². The van der Waals surface area contributed by atoms with Gasteiger partial charge in [0, 0.05) is 45.5 Å². The van der Waals surface area contributed by atoms with Crippen LogP contribution in [0.4, 0.5) is 39.8 Å². The fourth-order valence-corrected chi connectivity index (χ4v) is 9.12. The summed E-state index contributed by atoms with van der Waals surface area (Å²) in [4.78, 5) is 14.4. The van der Waals surface area contributed by atoms with Crippen LogP contribution in [0, 0.1) is 0 Å². The van der Waals surface area contributed by atoms with Gasteiger partial charge in [-0.3, -0.25) is 4.99 Å². The van der Waals surface area contributed by atoms with Crippen LogP contribution in [-0.4, -0.2) is 10.7 Å². The highest BCUT2D eigenvalue weighted by Gasteiger charge is 2.20. The molecule has 11 aromatic rings. The number of aliphatic imine (C=N–C) groups is 1. The second-order valence-corrected chi connectivity index (χ2v) is 16.2. The van der Waals surface area contributed by atoms with E-state index in [-0.39, 0.29) is 0 Å². The molecule has 1 aliphatic rings. The molecule has 1 aliphatic heterocycles. The van der Waals surface area contributed by atoms with Crippen molar-refractivity contribution in [3.63, 3.8) is 0 Å². The largest absolute Gasteiger partial charge is 0.436 e. The normalized spacial score (nSPS) is 12.1. The Balaban J connectivity index is 0.880. The van der Waals surface area contributed by atoms with E-state index < -0.39 is 0 Å². The van der Waals surface area contributed by atoms with Crippen molar-refractivity contribution >= 4 is 78.2 Å². The molecular formula is C59H40N4O. The molecule has 64 heavy (non-hydrogen) atoms. The number of fused-ring (bicyclic) bond motifs is 4. The standard InChI is InChI=1S/C59H40N4O/c1-4-16-51-42(11-1)14-9-20-56(51)62(49-35-27-44(28-36-49)55-39-46-13-3-6-18-53(46)60-55)47-31-23-40(24-32-47)41-25-33-48(34-26-41)63(57-21-10-15-43-12-2-5-17-52(43)57)50-37-29-45(30-38-50)59-61-54-19-7-8-22-58(54)64-59/h1-38H,39H2. The van der Waals surface area contributed by atoms with E-state index in [4.69, 9.17) is 14.4 Å². The summed E-state index contributed by atoms with van der Waals surface area (Å²) in [6, 6.07) is 81.7. The second-order valence-electron chi connectivity index (χ2n) is 16.2. The summed E-state index contributed by atoms with van der Waals surface area (Å²) in [6.45, 7) is 0. The zero-order valence-corrected chi connectivity index (χ0v) is 34.8. The number of rotatable bonds is 9. The van der Waals surface area contributed by atoms with Crippen LogP contribution in [0.1, 0.15) is 11.1 Å². The first kappa shape index (κ1) is 37.2. The average Bonchev–Trinajstić information content (AvgIpc) is 4.01. The van der Waals surface area contributed by atoms with E-state index in [9.17, 15) is 0 Å². The number of oxazole rings is 1. The molecule has 5 heteroatoms. The van der Waals surface area contributed by atoms with Gasteiger partial charge in [-0.1, -0.05) is 140 Å². The Morgan fingerprint density at radius 1 is 0.375 bits per heavy atom. The fraction of sp³-hybridized carbons (Fsp3) is 0.0169. The molecule has 0 amide bonds. The highest BCUT2D eigenvalue weighted by atomic mass is 16.3. The molecule has 5 nitrogen and oxygen atoms in total. The molecule has 0 fully saturated rings. The van der Waals surface area contributed by atoms with Gasteiger partial charge in [-0.25, -0.2) is 4.98 Å². The third-order valence-corrected chi connectivity index (χ3v) is 12.3. The molecule has 0 radical (unpaired) electrons. The van der Waals surface area contributed by atoms with Crippen molar-refractivity contribution in [3.05, 3.63) is 242 Å². The SMILES string of the molecule is c1ccc2c(c1)CC(c1ccc(N(c3ccc(-c4ccc(N(c5ccc(-c6nc7ccccc7o6)cc5)c5cccc6ccccc56)cc4)cc3)c3cccc4ccccc34)cc1)=N2. The Kier molecular flexibility index (Phi) is 9.16. The molecule has 0 saturated carbocycles. The Hall–Kier alpha value is -8.54. The molecule has 0 unspecified atom stereocenters. The Morgan fingerprint density at radius 3 is 1.38 bits per heavy atom. The summed E-state index contributed by atoms with van der Waals surface area (Å²) in [5, 5.41) is 4.76. The van der Waals surface area contributed by atoms with Crippen LogP contribution in [0.25, 0.3) is 55.2 Å². The molecule has 0 spiro atoms. The number of benzene rings is 10. The summed E-state index contributed by atoms with van der Waals surface area (Å²) in [6.07, 6.45) is 0.849. The predicted molar refractivity (Wildman–Crippen MR) is 266 cm³/mol. The molecule has 12 rings (SSSR count). The predicted octanol–water partition coefficient (Wildman–Crippen LogP) is 16.1. The third-order valence-electron chi connectivity index (χ3n) is 12.3. The highest BCUT2D eigenvalue weighted by Crippen LogP contribution is 2.42. The maximum atomic E-state index is 6.12. The number of hydrogen-bond acceptors (Lipinski definition) is 5. The molecule has 10 aromatic carbocycles. The zero-order chi connectivity index (χ0) is 42.4. The lowest BCUT2D eigenvalue weighted by Gasteiger charge is -2.27. The molecule has 0 atom stereocenters. The van der Waals surface area contributed by atoms with E-state index in [1.54, 1.807) is 0 Å². The maximum Gasteiger partial charge on any atom is 0.227 e. The van der Waals surface area contributed by atoms with Crippen LogP contribution in [0.3, 0.4) is 0 Å². The van der Waals surface area contributed by atoms with E-state index in [1.165, 1.54) is 27.1 Å². The lowest BCUT2D eigenvalue weighted by molar-refractivity contribution is 0.620. The topological polar surface area (TPSA) is 44.9 Å². The quantitative estimate of drug-likeness (QED) is 0.145. The monoisotopic (exact) mass is 820 g/mol. The van der Waals surface area contributed by atoms with Gasteiger partial charge >= 0.3 is 0 Å². The van der Waals surface area contributed by atoms with Gasteiger partial charge in [0.2, 0.25) is 5.89 Å². The van der Waals surface area contributed by atoms with Gasteiger partial charge < -0.3 is 14.2 Å². The van der Waals surface area contributed by atoms with Gasteiger partial charge in [0.25, 0.3) is 0 Å². The molecular weight excluding hydrogens is 781 g/mol. The van der Waals surface area contributed by atoms with Gasteiger partial charge in [0.05, 0.1) is 22.8 Å². The molecule has 0 aliphatic carbocycles. The van der Waals surface area contributed by atoms with Crippen LogP contribution in [0.2, 0.25) is 0 Å². The first-order valence-electron chi connectivity index (χ1n) is 21.7. The highest BCUT2D eigenvalue weighted by molar-refractivity contribution is 6.07. The molecule has 0 bridgehead atoms. The van der Waals surface area contributed by atoms with Gasteiger partial charge in [0.15, 0.2) is 5.58 Å². The minimum Gasteiger partial charge on any atom is -0.436 e. The molecule has 2 heterocycles. The summed E-state index contributed by atoms with van der Waals surface area (Å²) >= 11 is 0. The molecule has 1 aromatic heterocycles. The summed E-state index contributed by atoms with van der Waals surface area (Å²) < 4.78 is 6.12. The van der Waals surface area contributed by atoms with E-state index in [0.29, 0.717) is 5.89 Å². The lowest BCUT2D eigenvalue weighted by Crippen LogP contribution is -2.11. The van der Waals surface area contributed by atoms with Gasteiger partial charge in [0.1, 0.15) is 5.52 Å². The minimum absolute atomic E-state index is 0.611.